The summed E-state index contributed by atoms with van der Waals surface area (Å²) in [4.78, 5) is 11.9. The maximum absolute atomic E-state index is 11.9. The molecule has 7 heteroatoms. The molecule has 0 saturated heterocycles. The fourth-order valence-electron chi connectivity index (χ4n) is 1.74. The number of carbonyl (C=O) groups excluding carboxylic acids is 1. The summed E-state index contributed by atoms with van der Waals surface area (Å²) >= 11 is 0. The normalized spacial score (nSPS) is 12.7. The predicted molar refractivity (Wildman–Crippen MR) is 79.6 cm³/mol. The number of methoxy groups -OCH3 is 1. The first kappa shape index (κ1) is 17.2. The second-order valence-corrected chi connectivity index (χ2v) is 6.03. The lowest BCUT2D eigenvalue weighted by atomic mass is 10.0. The Morgan fingerprint density at radius 2 is 1.86 bits per heavy atom. The van der Waals surface area contributed by atoms with Crippen molar-refractivity contribution in [1.82, 2.24) is 0 Å². The van der Waals surface area contributed by atoms with E-state index in [9.17, 15) is 13.2 Å². The van der Waals surface area contributed by atoms with E-state index in [1.165, 1.54) is 7.11 Å². The summed E-state index contributed by atoms with van der Waals surface area (Å²) in [6.07, 6.45) is 1.69. The van der Waals surface area contributed by atoms with Crippen LogP contribution in [0.3, 0.4) is 0 Å². The molecule has 0 spiro atoms. The molecule has 0 aliphatic rings. The fraction of sp³-hybridized carbons (Fsp3) is 0.357. The number of esters is 1. The van der Waals surface area contributed by atoms with E-state index in [1.807, 2.05) is 6.07 Å². The van der Waals surface area contributed by atoms with Gasteiger partial charge in [0.05, 0.1) is 25.5 Å². The van der Waals surface area contributed by atoms with Gasteiger partial charge in [-0.1, -0.05) is 30.3 Å². The van der Waals surface area contributed by atoms with Crippen LogP contribution in [0.4, 0.5) is 0 Å². The smallest absolute Gasteiger partial charge is 0.340 e. The van der Waals surface area contributed by atoms with Gasteiger partial charge in [-0.05, 0) is 18.4 Å². The largest absolute Gasteiger partial charge is 0.465 e. The molecule has 0 bridgehead atoms. The molecule has 0 aliphatic carbocycles. The zero-order valence-corrected chi connectivity index (χ0v) is 12.9. The molecule has 2 N–H and O–H groups in total. The lowest BCUT2D eigenvalue weighted by Gasteiger charge is -2.10. The van der Waals surface area contributed by atoms with Gasteiger partial charge in [0.1, 0.15) is 0 Å². The van der Waals surface area contributed by atoms with E-state index >= 15 is 0 Å². The maximum atomic E-state index is 11.9. The molecule has 1 rings (SSSR count). The Hall–Kier alpha value is -1.86. The first-order valence-corrected chi connectivity index (χ1v) is 8.13. The van der Waals surface area contributed by atoms with Crippen molar-refractivity contribution in [1.29, 1.82) is 0 Å². The van der Waals surface area contributed by atoms with Crippen LogP contribution in [0.5, 0.6) is 0 Å². The molecule has 6 nitrogen and oxygen atoms in total. The average Bonchev–Trinajstić information content (AvgIpc) is 2.44. The third-order valence-electron chi connectivity index (χ3n) is 2.66. The Morgan fingerprint density at radius 3 is 2.38 bits per heavy atom. The highest BCUT2D eigenvalue weighted by atomic mass is 32.2. The molecule has 0 amide bonds. The van der Waals surface area contributed by atoms with Gasteiger partial charge >= 0.3 is 5.97 Å². The van der Waals surface area contributed by atoms with Crippen molar-refractivity contribution in [3.05, 3.63) is 41.6 Å². The van der Waals surface area contributed by atoms with Gasteiger partial charge in [0.2, 0.25) is 0 Å². The van der Waals surface area contributed by atoms with E-state index in [0.717, 1.165) is 6.26 Å². The van der Waals surface area contributed by atoms with Crippen LogP contribution in [0.2, 0.25) is 0 Å². The standard InChI is InChI=1S/C14H19NO5S/c1-19-14(16)13(11-7-4-3-5-8-11)12(15)9-6-10-20-21(2,17)18/h3-5,7-8H,6,9-10,15H2,1-2H3/b13-12-. The Balaban J connectivity index is 2.83. The zero-order valence-electron chi connectivity index (χ0n) is 12.0. The monoisotopic (exact) mass is 313 g/mol. The van der Waals surface area contributed by atoms with Crippen LogP contribution in [0, 0.1) is 0 Å². The lowest BCUT2D eigenvalue weighted by Crippen LogP contribution is -2.13. The average molecular weight is 313 g/mol. The van der Waals surface area contributed by atoms with E-state index in [4.69, 9.17) is 10.5 Å². The molecule has 0 aromatic heterocycles. The molecule has 0 heterocycles. The van der Waals surface area contributed by atoms with Crippen LogP contribution in [-0.4, -0.2) is 34.4 Å². The predicted octanol–water partition coefficient (Wildman–Crippen LogP) is 1.29. The van der Waals surface area contributed by atoms with E-state index in [0.29, 0.717) is 24.1 Å². The number of rotatable bonds is 7. The Bertz CT molecular complexity index is 608. The number of hydrogen-bond acceptors (Lipinski definition) is 6. The second kappa shape index (κ2) is 7.80. The molecule has 0 fully saturated rings. The lowest BCUT2D eigenvalue weighted by molar-refractivity contribution is -0.133. The number of ether oxygens (including phenoxy) is 1. The molecule has 0 atom stereocenters. The Morgan fingerprint density at radius 1 is 1.24 bits per heavy atom. The number of nitrogens with two attached hydrogens (primary N) is 1. The molecule has 116 valence electrons. The molecular formula is C14H19NO5S. The van der Waals surface area contributed by atoms with Crippen LogP contribution >= 0.6 is 0 Å². The third kappa shape index (κ3) is 5.97. The molecule has 0 unspecified atom stereocenters. The van der Waals surface area contributed by atoms with Gasteiger partial charge in [-0.3, -0.25) is 4.18 Å². The number of allylic oxidation sites excluding steroid dienone is 1. The molecule has 1 aromatic carbocycles. The van der Waals surface area contributed by atoms with Gasteiger partial charge in [-0.2, -0.15) is 8.42 Å². The van der Waals surface area contributed by atoms with Crippen LogP contribution in [-0.2, 0) is 23.8 Å². The van der Waals surface area contributed by atoms with Gasteiger partial charge < -0.3 is 10.5 Å². The minimum Gasteiger partial charge on any atom is -0.465 e. The highest BCUT2D eigenvalue weighted by Gasteiger charge is 2.16. The molecule has 0 aliphatic heterocycles. The van der Waals surface area contributed by atoms with Crippen LogP contribution < -0.4 is 5.73 Å². The summed E-state index contributed by atoms with van der Waals surface area (Å²) < 4.78 is 31.1. The summed E-state index contributed by atoms with van der Waals surface area (Å²) in [5.74, 6) is -0.525. The van der Waals surface area contributed by atoms with Crippen LogP contribution in [0.1, 0.15) is 18.4 Å². The number of benzene rings is 1. The van der Waals surface area contributed by atoms with Gasteiger partial charge in [-0.15, -0.1) is 0 Å². The summed E-state index contributed by atoms with van der Waals surface area (Å²) in [5.41, 5.74) is 7.24. The second-order valence-electron chi connectivity index (χ2n) is 4.39. The molecule has 21 heavy (non-hydrogen) atoms. The topological polar surface area (TPSA) is 95.7 Å². The third-order valence-corrected chi connectivity index (χ3v) is 3.26. The maximum Gasteiger partial charge on any atom is 0.340 e. The van der Waals surface area contributed by atoms with Gasteiger partial charge in [0.15, 0.2) is 0 Å². The first-order valence-electron chi connectivity index (χ1n) is 6.32. The van der Waals surface area contributed by atoms with Crippen molar-refractivity contribution in [3.63, 3.8) is 0 Å². The fourth-order valence-corrected chi connectivity index (χ4v) is 2.16. The summed E-state index contributed by atoms with van der Waals surface area (Å²) in [5, 5.41) is 0. The minimum absolute atomic E-state index is 0.0166. The van der Waals surface area contributed by atoms with Crippen molar-refractivity contribution in [3.8, 4) is 0 Å². The van der Waals surface area contributed by atoms with Crippen molar-refractivity contribution in [2.75, 3.05) is 20.0 Å². The summed E-state index contributed by atoms with van der Waals surface area (Å²) in [6.45, 7) is 0.0166. The van der Waals surface area contributed by atoms with Gasteiger partial charge in [0.25, 0.3) is 10.1 Å². The molecule has 0 saturated carbocycles. The number of carbonyl (C=O) groups is 1. The van der Waals surface area contributed by atoms with E-state index in [2.05, 4.69) is 4.18 Å². The zero-order chi connectivity index (χ0) is 15.9. The highest BCUT2D eigenvalue weighted by molar-refractivity contribution is 7.85. The minimum atomic E-state index is -3.46. The summed E-state index contributed by atoms with van der Waals surface area (Å²) in [7, 11) is -2.18. The van der Waals surface area contributed by atoms with Crippen molar-refractivity contribution in [2.45, 2.75) is 12.8 Å². The Labute approximate surface area is 124 Å². The van der Waals surface area contributed by atoms with Crippen molar-refractivity contribution >= 4 is 21.7 Å². The molecular weight excluding hydrogens is 294 g/mol. The van der Waals surface area contributed by atoms with Gasteiger partial charge in [-0.25, -0.2) is 4.79 Å². The van der Waals surface area contributed by atoms with E-state index in [-0.39, 0.29) is 12.2 Å². The van der Waals surface area contributed by atoms with Crippen molar-refractivity contribution < 1.29 is 22.1 Å². The molecule has 0 radical (unpaired) electrons. The first-order chi connectivity index (χ1) is 9.85. The number of hydrogen-bond donors (Lipinski definition) is 1. The van der Waals surface area contributed by atoms with Gasteiger partial charge in [0, 0.05) is 5.70 Å². The van der Waals surface area contributed by atoms with Crippen LogP contribution in [0.15, 0.2) is 36.0 Å². The van der Waals surface area contributed by atoms with Crippen molar-refractivity contribution in [2.24, 2.45) is 5.73 Å². The Kier molecular flexibility index (Phi) is 6.39. The summed E-state index contributed by atoms with van der Waals surface area (Å²) in [6, 6.07) is 8.92. The SMILES string of the molecule is COC(=O)/C(=C(\N)CCCOS(C)(=O)=O)c1ccccc1. The van der Waals surface area contributed by atoms with Crippen LogP contribution in [0.25, 0.3) is 5.57 Å². The molecule has 1 aromatic rings. The van der Waals surface area contributed by atoms with E-state index < -0.39 is 16.1 Å². The quantitative estimate of drug-likeness (QED) is 0.353. The van der Waals surface area contributed by atoms with E-state index in [1.54, 1.807) is 24.3 Å². The highest BCUT2D eigenvalue weighted by Crippen LogP contribution is 2.20.